The van der Waals surface area contributed by atoms with Crippen molar-refractivity contribution in [3.05, 3.63) is 60.2 Å². The van der Waals surface area contributed by atoms with Crippen molar-refractivity contribution in [2.45, 2.75) is 31.6 Å². The van der Waals surface area contributed by atoms with E-state index in [0.29, 0.717) is 11.3 Å². The average Bonchev–Trinajstić information content (AvgIpc) is 2.62. The maximum atomic E-state index is 12.5. The molecule has 2 aromatic carbocycles. The van der Waals surface area contributed by atoms with E-state index in [9.17, 15) is 13.2 Å². The van der Waals surface area contributed by atoms with Crippen LogP contribution in [0.4, 0.5) is 5.69 Å². The average molecular weight is 360 g/mol. The Bertz CT molecular complexity index is 781. The molecular formula is C19H24N2O3S. The second-order valence-electron chi connectivity index (χ2n) is 5.79. The van der Waals surface area contributed by atoms with Crippen molar-refractivity contribution in [2.24, 2.45) is 0 Å². The zero-order valence-corrected chi connectivity index (χ0v) is 15.4. The van der Waals surface area contributed by atoms with E-state index >= 15 is 0 Å². The van der Waals surface area contributed by atoms with Crippen molar-refractivity contribution in [1.82, 2.24) is 4.90 Å². The number of carbonyl (C=O) groups is 1. The van der Waals surface area contributed by atoms with E-state index in [1.165, 1.54) is 12.1 Å². The van der Waals surface area contributed by atoms with Crippen molar-refractivity contribution < 1.29 is 13.2 Å². The highest BCUT2D eigenvalue weighted by Crippen LogP contribution is 2.17. The first kappa shape index (κ1) is 19.0. The monoisotopic (exact) mass is 360 g/mol. The molecule has 0 saturated heterocycles. The Labute approximate surface area is 149 Å². The first-order valence-corrected chi connectivity index (χ1v) is 9.93. The Hall–Kier alpha value is -2.34. The molecule has 0 aliphatic rings. The molecule has 0 aliphatic heterocycles. The fraction of sp³-hybridized carbons (Fsp3) is 0.316. The molecule has 25 heavy (non-hydrogen) atoms. The number of anilines is 1. The van der Waals surface area contributed by atoms with Crippen LogP contribution in [0.3, 0.4) is 0 Å². The van der Waals surface area contributed by atoms with Crippen molar-refractivity contribution in [3.8, 4) is 0 Å². The van der Waals surface area contributed by atoms with Gasteiger partial charge in [0.15, 0.2) is 0 Å². The lowest BCUT2D eigenvalue weighted by Crippen LogP contribution is -2.32. The maximum Gasteiger partial charge on any atom is 0.261 e. The van der Waals surface area contributed by atoms with Gasteiger partial charge in [0.2, 0.25) is 0 Å². The minimum atomic E-state index is -3.63. The molecule has 0 unspecified atom stereocenters. The molecule has 0 heterocycles. The Balaban J connectivity index is 2.13. The molecule has 6 heteroatoms. The number of hydrogen-bond acceptors (Lipinski definition) is 3. The van der Waals surface area contributed by atoms with Gasteiger partial charge in [-0.3, -0.25) is 9.52 Å². The summed E-state index contributed by atoms with van der Waals surface area (Å²) in [6.07, 6.45) is 1.81. The van der Waals surface area contributed by atoms with Crippen LogP contribution in [0.2, 0.25) is 0 Å². The minimum absolute atomic E-state index is 0.0267. The largest absolute Gasteiger partial charge is 0.339 e. The summed E-state index contributed by atoms with van der Waals surface area (Å²) in [4.78, 5) is 14.6. The van der Waals surface area contributed by atoms with Crippen LogP contribution in [0.25, 0.3) is 0 Å². The molecule has 1 amide bonds. The molecule has 0 aromatic heterocycles. The Morgan fingerprint density at radius 1 is 0.920 bits per heavy atom. The molecule has 0 spiro atoms. The van der Waals surface area contributed by atoms with Crippen LogP contribution in [0.5, 0.6) is 0 Å². The summed E-state index contributed by atoms with van der Waals surface area (Å²) in [5, 5.41) is 0. The summed E-state index contributed by atoms with van der Waals surface area (Å²) in [5.74, 6) is -0.0267. The van der Waals surface area contributed by atoms with Gasteiger partial charge < -0.3 is 4.90 Å². The third kappa shape index (κ3) is 5.06. The number of nitrogens with zero attached hydrogens (tertiary/aromatic N) is 1. The third-order valence-electron chi connectivity index (χ3n) is 3.71. The molecule has 0 bridgehead atoms. The zero-order chi connectivity index (χ0) is 18.3. The van der Waals surface area contributed by atoms with Crippen LogP contribution >= 0.6 is 0 Å². The highest BCUT2D eigenvalue weighted by atomic mass is 32.2. The second-order valence-corrected chi connectivity index (χ2v) is 7.47. The molecule has 0 atom stereocenters. The van der Waals surface area contributed by atoms with Crippen LogP contribution in [0.15, 0.2) is 59.5 Å². The number of benzene rings is 2. The first-order chi connectivity index (χ1) is 12.0. The summed E-state index contributed by atoms with van der Waals surface area (Å²) >= 11 is 0. The van der Waals surface area contributed by atoms with E-state index in [1.807, 2.05) is 18.7 Å². The van der Waals surface area contributed by atoms with Gasteiger partial charge in [-0.1, -0.05) is 32.0 Å². The predicted molar refractivity (Wildman–Crippen MR) is 100 cm³/mol. The van der Waals surface area contributed by atoms with Gasteiger partial charge in [0.05, 0.1) is 4.90 Å². The van der Waals surface area contributed by atoms with Crippen molar-refractivity contribution in [3.63, 3.8) is 0 Å². The molecule has 1 N–H and O–H groups in total. The van der Waals surface area contributed by atoms with E-state index in [-0.39, 0.29) is 10.8 Å². The highest BCUT2D eigenvalue weighted by molar-refractivity contribution is 7.92. The number of carbonyl (C=O) groups excluding carboxylic acids is 1. The van der Waals surface area contributed by atoms with Crippen LogP contribution in [0, 0.1) is 0 Å². The molecule has 2 rings (SSSR count). The Morgan fingerprint density at radius 3 is 2.00 bits per heavy atom. The lowest BCUT2D eigenvalue weighted by molar-refractivity contribution is 0.0755. The van der Waals surface area contributed by atoms with Gasteiger partial charge in [-0.25, -0.2) is 8.42 Å². The highest BCUT2D eigenvalue weighted by Gasteiger charge is 2.16. The van der Waals surface area contributed by atoms with Gasteiger partial charge >= 0.3 is 0 Å². The number of amides is 1. The van der Waals surface area contributed by atoms with E-state index in [4.69, 9.17) is 0 Å². The fourth-order valence-corrected chi connectivity index (χ4v) is 3.61. The molecule has 134 valence electrons. The quantitative estimate of drug-likeness (QED) is 0.780. The fourth-order valence-electron chi connectivity index (χ4n) is 2.53. The van der Waals surface area contributed by atoms with E-state index in [1.54, 1.807) is 42.5 Å². The Kier molecular flexibility index (Phi) is 6.58. The third-order valence-corrected chi connectivity index (χ3v) is 5.11. The normalized spacial score (nSPS) is 11.1. The first-order valence-electron chi connectivity index (χ1n) is 8.45. The zero-order valence-electron chi connectivity index (χ0n) is 14.6. The second kappa shape index (κ2) is 8.67. The number of rotatable bonds is 8. The number of hydrogen-bond donors (Lipinski definition) is 1. The van der Waals surface area contributed by atoms with Crippen LogP contribution in [0.1, 0.15) is 37.0 Å². The summed E-state index contributed by atoms with van der Waals surface area (Å²) in [6, 6.07) is 14.7. The van der Waals surface area contributed by atoms with Crippen molar-refractivity contribution >= 4 is 21.6 Å². The summed E-state index contributed by atoms with van der Waals surface area (Å²) in [5.41, 5.74) is 0.988. The minimum Gasteiger partial charge on any atom is -0.339 e. The molecule has 0 radical (unpaired) electrons. The van der Waals surface area contributed by atoms with Crippen LogP contribution < -0.4 is 4.72 Å². The van der Waals surface area contributed by atoms with Crippen LogP contribution in [-0.4, -0.2) is 32.3 Å². The van der Waals surface area contributed by atoms with E-state index in [0.717, 1.165) is 25.9 Å². The standard InChI is InChI=1S/C19H24N2O3S/c1-3-14-21(15-4-2)19(22)16-10-12-17(13-11-16)20-25(23,24)18-8-6-5-7-9-18/h5-13,20H,3-4,14-15H2,1-2H3. The smallest absolute Gasteiger partial charge is 0.261 e. The molecule has 0 saturated carbocycles. The van der Waals surface area contributed by atoms with E-state index < -0.39 is 10.0 Å². The van der Waals surface area contributed by atoms with Gasteiger partial charge in [0.1, 0.15) is 0 Å². The summed E-state index contributed by atoms with van der Waals surface area (Å²) in [6.45, 7) is 5.51. The lowest BCUT2D eigenvalue weighted by Gasteiger charge is -2.21. The predicted octanol–water partition coefficient (Wildman–Crippen LogP) is 3.75. The molecular weight excluding hydrogens is 336 g/mol. The number of nitrogens with one attached hydrogen (secondary N) is 1. The number of sulfonamides is 1. The van der Waals surface area contributed by atoms with Gasteiger partial charge in [0, 0.05) is 24.3 Å². The Morgan fingerprint density at radius 2 is 1.48 bits per heavy atom. The maximum absolute atomic E-state index is 12.5. The van der Waals surface area contributed by atoms with Crippen molar-refractivity contribution in [2.75, 3.05) is 17.8 Å². The molecule has 0 fully saturated rings. The van der Waals surface area contributed by atoms with Gasteiger partial charge in [-0.05, 0) is 49.2 Å². The lowest BCUT2D eigenvalue weighted by atomic mass is 10.1. The van der Waals surface area contributed by atoms with Crippen LogP contribution in [-0.2, 0) is 10.0 Å². The summed E-state index contributed by atoms with van der Waals surface area (Å²) < 4.78 is 27.2. The van der Waals surface area contributed by atoms with Gasteiger partial charge in [0.25, 0.3) is 15.9 Å². The van der Waals surface area contributed by atoms with Gasteiger partial charge in [-0.15, -0.1) is 0 Å². The molecule has 5 nitrogen and oxygen atoms in total. The van der Waals surface area contributed by atoms with E-state index in [2.05, 4.69) is 4.72 Å². The SMILES string of the molecule is CCCN(CCC)C(=O)c1ccc(NS(=O)(=O)c2ccccc2)cc1. The topological polar surface area (TPSA) is 66.5 Å². The molecule has 0 aliphatic carbocycles. The summed E-state index contributed by atoms with van der Waals surface area (Å²) in [7, 11) is -3.63. The molecule has 2 aromatic rings. The van der Waals surface area contributed by atoms with Crippen molar-refractivity contribution in [1.29, 1.82) is 0 Å². The van der Waals surface area contributed by atoms with Gasteiger partial charge in [-0.2, -0.15) is 0 Å².